The van der Waals surface area contributed by atoms with Crippen LogP contribution in [-0.2, 0) is 6.42 Å². The molecule has 0 radical (unpaired) electrons. The van der Waals surface area contributed by atoms with Crippen LogP contribution in [0.5, 0.6) is 0 Å². The number of amides is 1. The summed E-state index contributed by atoms with van der Waals surface area (Å²) in [6, 6.07) is 12.2. The Morgan fingerprint density at radius 2 is 2.12 bits per heavy atom. The number of aryl methyl sites for hydroxylation is 1. The van der Waals surface area contributed by atoms with Crippen molar-refractivity contribution in [2.45, 2.75) is 26.2 Å². The number of nitrogens with zero attached hydrogens (tertiary/aromatic N) is 4. The van der Waals surface area contributed by atoms with Crippen LogP contribution < -0.4 is 0 Å². The van der Waals surface area contributed by atoms with Crippen molar-refractivity contribution < 1.29 is 4.79 Å². The standard InChI is InChI=1S/C21H22N4O/c1-15-22-10-8-20(24-15)21(26)25-11-3-4-17(14-25)12-16-6-7-19-18(13-16)5-2-9-23-19/h2,5-10,13,17H,3-4,11-12,14H2,1H3/t17-/m1/s1. The van der Waals surface area contributed by atoms with E-state index in [2.05, 4.69) is 39.2 Å². The maximum atomic E-state index is 12.8. The predicted molar refractivity (Wildman–Crippen MR) is 101 cm³/mol. The Balaban J connectivity index is 1.46. The zero-order valence-electron chi connectivity index (χ0n) is 14.9. The molecule has 5 heteroatoms. The number of rotatable bonds is 3. The normalized spacial score (nSPS) is 17.4. The molecule has 1 fully saturated rings. The van der Waals surface area contributed by atoms with Gasteiger partial charge in [-0.15, -0.1) is 0 Å². The third-order valence-electron chi connectivity index (χ3n) is 4.99. The summed E-state index contributed by atoms with van der Waals surface area (Å²) in [6.45, 7) is 3.40. The largest absolute Gasteiger partial charge is 0.337 e. The molecule has 0 aliphatic carbocycles. The van der Waals surface area contributed by atoms with Gasteiger partial charge in [0, 0.05) is 30.9 Å². The molecule has 0 spiro atoms. The number of carbonyl (C=O) groups is 1. The van der Waals surface area contributed by atoms with Gasteiger partial charge in [-0.2, -0.15) is 0 Å². The number of piperidine rings is 1. The molecule has 1 amide bonds. The molecular formula is C21H22N4O. The summed E-state index contributed by atoms with van der Waals surface area (Å²) in [5, 5.41) is 1.17. The highest BCUT2D eigenvalue weighted by molar-refractivity contribution is 5.92. The molecule has 1 atom stereocenters. The number of hydrogen-bond acceptors (Lipinski definition) is 4. The topological polar surface area (TPSA) is 59.0 Å². The van der Waals surface area contributed by atoms with Gasteiger partial charge < -0.3 is 4.90 Å². The van der Waals surface area contributed by atoms with Gasteiger partial charge in [0.05, 0.1) is 5.52 Å². The molecule has 1 aliphatic rings. The lowest BCUT2D eigenvalue weighted by molar-refractivity contribution is 0.0667. The maximum Gasteiger partial charge on any atom is 0.272 e. The number of carbonyl (C=O) groups excluding carboxylic acids is 1. The zero-order valence-corrected chi connectivity index (χ0v) is 14.9. The fourth-order valence-electron chi connectivity index (χ4n) is 3.74. The molecule has 0 N–H and O–H groups in total. The second kappa shape index (κ2) is 7.20. The van der Waals surface area contributed by atoms with E-state index in [1.165, 1.54) is 10.9 Å². The van der Waals surface area contributed by atoms with Crippen LogP contribution in [-0.4, -0.2) is 38.8 Å². The summed E-state index contributed by atoms with van der Waals surface area (Å²) >= 11 is 0. The van der Waals surface area contributed by atoms with Gasteiger partial charge in [-0.1, -0.05) is 12.1 Å². The fourth-order valence-corrected chi connectivity index (χ4v) is 3.74. The number of benzene rings is 1. The number of aromatic nitrogens is 3. The van der Waals surface area contributed by atoms with Crippen LogP contribution in [0.25, 0.3) is 10.9 Å². The Labute approximate surface area is 153 Å². The minimum atomic E-state index is 0.0166. The molecule has 0 unspecified atom stereocenters. The van der Waals surface area contributed by atoms with Crippen molar-refractivity contribution in [3.63, 3.8) is 0 Å². The van der Waals surface area contributed by atoms with Gasteiger partial charge in [-0.3, -0.25) is 9.78 Å². The first-order valence-electron chi connectivity index (χ1n) is 9.11. The molecule has 3 aromatic rings. The maximum absolute atomic E-state index is 12.8. The van der Waals surface area contributed by atoms with Gasteiger partial charge in [0.2, 0.25) is 0 Å². The van der Waals surface area contributed by atoms with E-state index in [1.54, 1.807) is 12.3 Å². The second-order valence-corrected chi connectivity index (χ2v) is 6.98. The smallest absolute Gasteiger partial charge is 0.272 e. The molecule has 1 aliphatic heterocycles. The monoisotopic (exact) mass is 346 g/mol. The van der Waals surface area contributed by atoms with E-state index >= 15 is 0 Å². The molecule has 0 bridgehead atoms. The van der Waals surface area contributed by atoms with Crippen LogP contribution in [0.3, 0.4) is 0 Å². The van der Waals surface area contributed by atoms with Crippen molar-refractivity contribution in [2.75, 3.05) is 13.1 Å². The first-order valence-corrected chi connectivity index (χ1v) is 9.11. The molecular weight excluding hydrogens is 324 g/mol. The molecule has 5 nitrogen and oxygen atoms in total. The SMILES string of the molecule is Cc1nccc(C(=O)N2CCC[C@H](Cc3ccc4ncccc4c3)C2)n1. The van der Waals surface area contributed by atoms with Crippen LogP contribution >= 0.6 is 0 Å². The number of fused-ring (bicyclic) bond motifs is 1. The summed E-state index contributed by atoms with van der Waals surface area (Å²) < 4.78 is 0. The van der Waals surface area contributed by atoms with Crippen LogP contribution in [0.1, 0.15) is 34.7 Å². The average Bonchev–Trinajstić information content (AvgIpc) is 2.67. The summed E-state index contributed by atoms with van der Waals surface area (Å²) in [6.07, 6.45) is 6.65. The lowest BCUT2D eigenvalue weighted by atomic mass is 9.90. The first-order chi connectivity index (χ1) is 12.7. The molecule has 1 aromatic carbocycles. The van der Waals surface area contributed by atoms with E-state index in [9.17, 15) is 4.79 Å². The predicted octanol–water partition coefficient (Wildman–Crippen LogP) is 3.43. The zero-order chi connectivity index (χ0) is 17.9. The van der Waals surface area contributed by atoms with Crippen molar-refractivity contribution in [2.24, 2.45) is 5.92 Å². The minimum Gasteiger partial charge on any atom is -0.337 e. The molecule has 26 heavy (non-hydrogen) atoms. The van der Waals surface area contributed by atoms with Crippen LogP contribution in [0.2, 0.25) is 0 Å². The second-order valence-electron chi connectivity index (χ2n) is 6.98. The van der Waals surface area contributed by atoms with Gasteiger partial charge in [0.15, 0.2) is 0 Å². The van der Waals surface area contributed by atoms with E-state index in [-0.39, 0.29) is 5.91 Å². The Morgan fingerprint density at radius 3 is 3.00 bits per heavy atom. The van der Waals surface area contributed by atoms with Crippen molar-refractivity contribution in [3.8, 4) is 0 Å². The Bertz CT molecular complexity index is 940. The Morgan fingerprint density at radius 1 is 1.19 bits per heavy atom. The third kappa shape index (κ3) is 3.57. The van der Waals surface area contributed by atoms with Gasteiger partial charge in [-0.05, 0) is 61.9 Å². The summed E-state index contributed by atoms with van der Waals surface area (Å²) in [5.74, 6) is 1.13. The lowest BCUT2D eigenvalue weighted by Gasteiger charge is -2.32. The van der Waals surface area contributed by atoms with E-state index < -0.39 is 0 Å². The molecule has 132 valence electrons. The van der Waals surface area contributed by atoms with Gasteiger partial charge in [0.1, 0.15) is 11.5 Å². The summed E-state index contributed by atoms with van der Waals surface area (Å²) in [7, 11) is 0. The van der Waals surface area contributed by atoms with Crippen LogP contribution in [0.4, 0.5) is 0 Å². The van der Waals surface area contributed by atoms with E-state index in [4.69, 9.17) is 0 Å². The molecule has 0 saturated carbocycles. The molecule has 2 aromatic heterocycles. The van der Waals surface area contributed by atoms with Gasteiger partial charge in [0.25, 0.3) is 5.91 Å². The number of pyridine rings is 1. The van der Waals surface area contributed by atoms with Crippen molar-refractivity contribution in [3.05, 3.63) is 65.9 Å². The highest BCUT2D eigenvalue weighted by atomic mass is 16.2. The Hall–Kier alpha value is -2.82. The lowest BCUT2D eigenvalue weighted by Crippen LogP contribution is -2.40. The van der Waals surface area contributed by atoms with Crippen LogP contribution in [0.15, 0.2) is 48.8 Å². The van der Waals surface area contributed by atoms with Gasteiger partial charge >= 0.3 is 0 Å². The van der Waals surface area contributed by atoms with E-state index in [0.29, 0.717) is 17.4 Å². The number of hydrogen-bond donors (Lipinski definition) is 0. The minimum absolute atomic E-state index is 0.0166. The third-order valence-corrected chi connectivity index (χ3v) is 4.99. The highest BCUT2D eigenvalue weighted by Crippen LogP contribution is 2.23. The van der Waals surface area contributed by atoms with Crippen molar-refractivity contribution >= 4 is 16.8 Å². The quantitative estimate of drug-likeness (QED) is 0.729. The summed E-state index contributed by atoms with van der Waals surface area (Å²) in [5.41, 5.74) is 2.83. The highest BCUT2D eigenvalue weighted by Gasteiger charge is 2.25. The van der Waals surface area contributed by atoms with Crippen molar-refractivity contribution in [1.29, 1.82) is 0 Å². The van der Waals surface area contributed by atoms with E-state index in [1.807, 2.05) is 24.1 Å². The molecule has 4 rings (SSSR count). The van der Waals surface area contributed by atoms with Gasteiger partial charge in [-0.25, -0.2) is 9.97 Å². The van der Waals surface area contributed by atoms with E-state index in [0.717, 1.165) is 37.9 Å². The van der Waals surface area contributed by atoms with Crippen LogP contribution in [0, 0.1) is 12.8 Å². The summed E-state index contributed by atoms with van der Waals surface area (Å²) in [4.78, 5) is 27.4. The van der Waals surface area contributed by atoms with Crippen molar-refractivity contribution in [1.82, 2.24) is 19.9 Å². The molecule has 1 saturated heterocycles. The molecule has 3 heterocycles. The first kappa shape index (κ1) is 16.6. The Kier molecular flexibility index (Phi) is 4.61. The average molecular weight is 346 g/mol. The number of likely N-dealkylation sites (tertiary alicyclic amines) is 1. The fraction of sp³-hybridized carbons (Fsp3) is 0.333.